The molecular weight excluding hydrogens is 263 g/mol. The molecule has 0 aliphatic heterocycles. The molecule has 0 spiro atoms. The molecule has 0 radical (unpaired) electrons. The molecule has 3 nitrogen and oxygen atoms in total. The molecule has 2 aromatic rings. The van der Waals surface area contributed by atoms with Crippen LogP contribution in [0.4, 0.5) is 4.39 Å². The second-order valence-electron chi connectivity index (χ2n) is 4.37. The Morgan fingerprint density at radius 2 is 2.11 bits per heavy atom. The van der Waals surface area contributed by atoms with Gasteiger partial charge in [-0.1, -0.05) is 0 Å². The van der Waals surface area contributed by atoms with Crippen LogP contribution in [0.2, 0.25) is 0 Å². The number of rotatable bonds is 5. The molecule has 2 atom stereocenters. The van der Waals surface area contributed by atoms with Crippen LogP contribution >= 0.6 is 11.3 Å². The lowest BCUT2D eigenvalue weighted by Crippen LogP contribution is -2.22. The van der Waals surface area contributed by atoms with Gasteiger partial charge < -0.3 is 10.1 Å². The number of nitrogens with zero attached hydrogens (tertiary/aromatic N) is 1. The van der Waals surface area contributed by atoms with E-state index in [1.165, 1.54) is 12.1 Å². The van der Waals surface area contributed by atoms with Crippen molar-refractivity contribution in [1.29, 1.82) is 0 Å². The van der Waals surface area contributed by atoms with E-state index in [2.05, 4.69) is 10.3 Å². The Balaban J connectivity index is 2.15. The molecular formula is C14H17FN2OS. The van der Waals surface area contributed by atoms with Crippen LogP contribution < -0.4 is 10.1 Å². The number of aromatic nitrogens is 1. The summed E-state index contributed by atoms with van der Waals surface area (Å²) in [6.07, 6.45) is 1.78. The third-order valence-corrected chi connectivity index (χ3v) is 3.94. The van der Waals surface area contributed by atoms with E-state index in [9.17, 15) is 4.39 Å². The summed E-state index contributed by atoms with van der Waals surface area (Å²) in [7, 11) is 1.59. The van der Waals surface area contributed by atoms with Gasteiger partial charge >= 0.3 is 0 Å². The number of benzene rings is 1. The van der Waals surface area contributed by atoms with Gasteiger partial charge in [-0.3, -0.25) is 0 Å². The van der Waals surface area contributed by atoms with E-state index < -0.39 is 0 Å². The number of hydrogen-bond donors (Lipinski definition) is 1. The molecule has 0 amide bonds. The van der Waals surface area contributed by atoms with Crippen molar-refractivity contribution in [3.8, 4) is 5.75 Å². The van der Waals surface area contributed by atoms with Gasteiger partial charge in [0.15, 0.2) is 0 Å². The molecule has 2 unspecified atom stereocenters. The average Bonchev–Trinajstić information content (AvgIpc) is 2.92. The normalized spacial score (nSPS) is 14.1. The molecule has 19 heavy (non-hydrogen) atoms. The predicted molar refractivity (Wildman–Crippen MR) is 75.0 cm³/mol. The standard InChI is InChI=1S/C14H17FN2OS/c1-9(17-10(2)14-16-6-7-19-14)12-8-11(15)4-5-13(12)18-3/h4-10,17H,1-3H3. The number of nitrogens with one attached hydrogen (secondary N) is 1. The molecule has 1 heterocycles. The van der Waals surface area contributed by atoms with E-state index in [-0.39, 0.29) is 17.9 Å². The lowest BCUT2D eigenvalue weighted by atomic mass is 10.1. The minimum atomic E-state index is -0.258. The zero-order valence-electron chi connectivity index (χ0n) is 11.2. The molecule has 0 saturated carbocycles. The molecule has 5 heteroatoms. The Morgan fingerprint density at radius 1 is 1.32 bits per heavy atom. The number of hydrogen-bond acceptors (Lipinski definition) is 4. The summed E-state index contributed by atoms with van der Waals surface area (Å²) in [5.74, 6) is 0.430. The maximum atomic E-state index is 13.4. The van der Waals surface area contributed by atoms with E-state index >= 15 is 0 Å². The van der Waals surface area contributed by atoms with Gasteiger partial charge in [-0.05, 0) is 32.0 Å². The van der Waals surface area contributed by atoms with Crippen molar-refractivity contribution in [1.82, 2.24) is 10.3 Å². The third kappa shape index (κ3) is 3.30. The first-order valence-corrected chi connectivity index (χ1v) is 6.98. The number of methoxy groups -OCH3 is 1. The summed E-state index contributed by atoms with van der Waals surface area (Å²) in [6.45, 7) is 4.03. The minimum Gasteiger partial charge on any atom is -0.496 e. The van der Waals surface area contributed by atoms with Crippen molar-refractivity contribution in [3.05, 3.63) is 46.2 Å². The van der Waals surface area contributed by atoms with Crippen molar-refractivity contribution in [2.75, 3.05) is 7.11 Å². The molecule has 102 valence electrons. The van der Waals surface area contributed by atoms with Crippen molar-refractivity contribution < 1.29 is 9.13 Å². The first-order chi connectivity index (χ1) is 9.11. The van der Waals surface area contributed by atoms with Crippen molar-refractivity contribution in [2.45, 2.75) is 25.9 Å². The summed E-state index contributed by atoms with van der Waals surface area (Å²) in [5.41, 5.74) is 0.811. The second kappa shape index (κ2) is 6.12. The van der Waals surface area contributed by atoms with Crippen molar-refractivity contribution >= 4 is 11.3 Å². The van der Waals surface area contributed by atoms with Gasteiger partial charge in [-0.15, -0.1) is 11.3 Å². The fraction of sp³-hybridized carbons (Fsp3) is 0.357. The van der Waals surface area contributed by atoms with Crippen LogP contribution in [0.1, 0.15) is 36.5 Å². The highest BCUT2D eigenvalue weighted by molar-refractivity contribution is 7.09. The van der Waals surface area contributed by atoms with Gasteiger partial charge in [-0.2, -0.15) is 0 Å². The zero-order chi connectivity index (χ0) is 13.8. The molecule has 1 aromatic carbocycles. The Morgan fingerprint density at radius 3 is 2.74 bits per heavy atom. The van der Waals surface area contributed by atoms with Gasteiger partial charge in [0.2, 0.25) is 0 Å². The lowest BCUT2D eigenvalue weighted by molar-refractivity contribution is 0.394. The Hall–Kier alpha value is -1.46. The van der Waals surface area contributed by atoms with Gasteiger partial charge in [0.25, 0.3) is 0 Å². The minimum absolute atomic E-state index is 0.0236. The van der Waals surface area contributed by atoms with Gasteiger partial charge in [0.1, 0.15) is 16.6 Å². The maximum Gasteiger partial charge on any atom is 0.123 e. The summed E-state index contributed by atoms with van der Waals surface area (Å²) in [6, 6.07) is 4.65. The lowest BCUT2D eigenvalue weighted by Gasteiger charge is -2.20. The molecule has 1 aromatic heterocycles. The molecule has 0 aliphatic carbocycles. The van der Waals surface area contributed by atoms with Crippen LogP contribution in [-0.2, 0) is 0 Å². The Kier molecular flexibility index (Phi) is 4.50. The van der Waals surface area contributed by atoms with Crippen LogP contribution in [-0.4, -0.2) is 12.1 Å². The fourth-order valence-corrected chi connectivity index (χ4v) is 2.68. The summed E-state index contributed by atoms with van der Waals surface area (Å²) < 4.78 is 18.6. The second-order valence-corrected chi connectivity index (χ2v) is 5.29. The van der Waals surface area contributed by atoms with E-state index in [0.717, 1.165) is 10.6 Å². The Labute approximate surface area is 116 Å². The maximum absolute atomic E-state index is 13.4. The first kappa shape index (κ1) is 14.0. The number of halogens is 1. The van der Waals surface area contributed by atoms with Crippen LogP contribution in [0.25, 0.3) is 0 Å². The van der Waals surface area contributed by atoms with Gasteiger partial charge in [-0.25, -0.2) is 9.37 Å². The third-order valence-electron chi connectivity index (χ3n) is 2.98. The number of thiazole rings is 1. The Bertz CT molecular complexity index is 530. The van der Waals surface area contributed by atoms with Crippen LogP contribution in [0.15, 0.2) is 29.8 Å². The quantitative estimate of drug-likeness (QED) is 0.906. The zero-order valence-corrected chi connectivity index (χ0v) is 12.0. The van der Waals surface area contributed by atoms with Crippen LogP contribution in [0, 0.1) is 5.82 Å². The van der Waals surface area contributed by atoms with E-state index in [1.54, 1.807) is 30.7 Å². The monoisotopic (exact) mass is 280 g/mol. The van der Waals surface area contributed by atoms with E-state index in [4.69, 9.17) is 4.74 Å². The largest absolute Gasteiger partial charge is 0.496 e. The van der Waals surface area contributed by atoms with Crippen LogP contribution in [0.3, 0.4) is 0 Å². The predicted octanol–water partition coefficient (Wildman–Crippen LogP) is 3.70. The topological polar surface area (TPSA) is 34.1 Å². The molecule has 0 fully saturated rings. The van der Waals surface area contributed by atoms with Crippen molar-refractivity contribution in [3.63, 3.8) is 0 Å². The molecule has 0 bridgehead atoms. The molecule has 0 aliphatic rings. The average molecular weight is 280 g/mol. The highest BCUT2D eigenvalue weighted by Crippen LogP contribution is 2.28. The summed E-state index contributed by atoms with van der Waals surface area (Å²) in [5, 5.41) is 6.36. The van der Waals surface area contributed by atoms with E-state index in [1.807, 2.05) is 19.2 Å². The van der Waals surface area contributed by atoms with E-state index in [0.29, 0.717) is 5.75 Å². The van der Waals surface area contributed by atoms with Crippen molar-refractivity contribution in [2.24, 2.45) is 0 Å². The fourth-order valence-electron chi connectivity index (χ4n) is 2.03. The summed E-state index contributed by atoms with van der Waals surface area (Å²) in [4.78, 5) is 4.27. The van der Waals surface area contributed by atoms with Gasteiger partial charge in [0, 0.05) is 23.2 Å². The SMILES string of the molecule is COc1ccc(F)cc1C(C)NC(C)c1nccs1. The highest BCUT2D eigenvalue weighted by Gasteiger charge is 2.16. The molecule has 1 N–H and O–H groups in total. The first-order valence-electron chi connectivity index (χ1n) is 6.10. The van der Waals surface area contributed by atoms with Crippen LogP contribution in [0.5, 0.6) is 5.75 Å². The number of ether oxygens (including phenoxy) is 1. The molecule has 2 rings (SSSR count). The summed E-state index contributed by atoms with van der Waals surface area (Å²) >= 11 is 1.60. The highest BCUT2D eigenvalue weighted by atomic mass is 32.1. The smallest absolute Gasteiger partial charge is 0.123 e. The van der Waals surface area contributed by atoms with Gasteiger partial charge in [0.05, 0.1) is 13.2 Å². The molecule has 0 saturated heterocycles.